The molecule has 0 unspecified atom stereocenters. The van der Waals surface area contributed by atoms with E-state index in [-0.39, 0.29) is 5.91 Å². The minimum Gasteiger partial charge on any atom is -0.348 e. The third-order valence-corrected chi connectivity index (χ3v) is 4.86. The summed E-state index contributed by atoms with van der Waals surface area (Å²) in [6.45, 7) is 2.04. The van der Waals surface area contributed by atoms with Gasteiger partial charge in [0.2, 0.25) is 0 Å². The van der Waals surface area contributed by atoms with Crippen molar-refractivity contribution in [1.82, 2.24) is 14.7 Å². The molecular weight excluding hydrogens is 342 g/mol. The molecule has 0 aliphatic heterocycles. The molecule has 1 saturated carbocycles. The number of halogens is 1. The molecule has 0 aromatic carbocycles. The van der Waals surface area contributed by atoms with E-state index in [4.69, 9.17) is 0 Å². The molecule has 0 atom stereocenters. The van der Waals surface area contributed by atoms with Crippen LogP contribution in [0.4, 0.5) is 0 Å². The monoisotopic (exact) mass is 363 g/mol. The van der Waals surface area contributed by atoms with Crippen LogP contribution in [0.2, 0.25) is 0 Å². The van der Waals surface area contributed by atoms with Crippen LogP contribution in [0.1, 0.15) is 61.6 Å². The van der Waals surface area contributed by atoms with Crippen LogP contribution < -0.4 is 5.32 Å². The van der Waals surface area contributed by atoms with Gasteiger partial charge in [0, 0.05) is 16.7 Å². The number of hydrogen-bond donors (Lipinski definition) is 1. The van der Waals surface area contributed by atoms with E-state index < -0.39 is 0 Å². The smallest absolute Gasteiger partial charge is 0.270 e. The van der Waals surface area contributed by atoms with E-state index in [1.807, 2.05) is 29.7 Å². The maximum absolute atomic E-state index is 12.8. The van der Waals surface area contributed by atoms with Crippen molar-refractivity contribution in [1.29, 1.82) is 0 Å². The van der Waals surface area contributed by atoms with Crippen LogP contribution in [-0.2, 0) is 6.42 Å². The molecule has 5 heteroatoms. The molecule has 0 saturated heterocycles. The van der Waals surface area contributed by atoms with Gasteiger partial charge in [-0.1, -0.05) is 32.6 Å². The van der Waals surface area contributed by atoms with Gasteiger partial charge in [-0.3, -0.25) is 9.20 Å². The molecule has 22 heavy (non-hydrogen) atoms. The Labute approximate surface area is 139 Å². The van der Waals surface area contributed by atoms with E-state index in [0.29, 0.717) is 11.7 Å². The molecule has 1 N–H and O–H groups in total. The summed E-state index contributed by atoms with van der Waals surface area (Å²) in [7, 11) is 0. The highest BCUT2D eigenvalue weighted by molar-refractivity contribution is 9.10. The first-order valence-corrected chi connectivity index (χ1v) is 8.95. The Morgan fingerprint density at radius 1 is 1.32 bits per heavy atom. The Bertz CT molecular complexity index is 672. The molecule has 2 aromatic rings. The SMILES string of the molecule is CCc1nc2ccc(Br)cn2c1C(=O)NC1CCCCCC1. The highest BCUT2D eigenvalue weighted by atomic mass is 79.9. The molecule has 4 nitrogen and oxygen atoms in total. The van der Waals surface area contributed by atoms with Gasteiger partial charge in [-0.05, 0) is 47.3 Å². The number of nitrogens with one attached hydrogen (secondary N) is 1. The second-order valence-corrected chi connectivity index (χ2v) is 6.91. The first-order chi connectivity index (χ1) is 10.7. The summed E-state index contributed by atoms with van der Waals surface area (Å²) in [5.41, 5.74) is 2.37. The second-order valence-electron chi connectivity index (χ2n) is 6.00. The van der Waals surface area contributed by atoms with Gasteiger partial charge in [-0.15, -0.1) is 0 Å². The van der Waals surface area contributed by atoms with E-state index in [1.165, 1.54) is 25.7 Å². The van der Waals surface area contributed by atoms with Crippen LogP contribution >= 0.6 is 15.9 Å². The number of pyridine rings is 1. The van der Waals surface area contributed by atoms with E-state index in [0.717, 1.165) is 35.1 Å². The predicted molar refractivity (Wildman–Crippen MR) is 91.2 cm³/mol. The quantitative estimate of drug-likeness (QED) is 0.833. The first kappa shape index (κ1) is 15.5. The van der Waals surface area contributed by atoms with Gasteiger partial charge in [0.15, 0.2) is 0 Å². The topological polar surface area (TPSA) is 46.4 Å². The standard InChI is InChI=1S/C17H22BrN3O/c1-2-14-16(21-11-12(18)9-10-15(21)20-14)17(22)19-13-7-5-3-4-6-8-13/h9-11,13H,2-8H2,1H3,(H,19,22). The Hall–Kier alpha value is -1.36. The summed E-state index contributed by atoms with van der Waals surface area (Å²) in [5, 5.41) is 3.23. The molecule has 0 bridgehead atoms. The van der Waals surface area contributed by atoms with E-state index in [2.05, 4.69) is 26.2 Å². The Kier molecular flexibility index (Phi) is 4.81. The van der Waals surface area contributed by atoms with E-state index in [1.54, 1.807) is 0 Å². The number of imidazole rings is 1. The predicted octanol–water partition coefficient (Wildman–Crippen LogP) is 4.11. The number of carbonyl (C=O) groups excluding carboxylic acids is 1. The first-order valence-electron chi connectivity index (χ1n) is 8.16. The molecule has 3 rings (SSSR count). The van der Waals surface area contributed by atoms with Gasteiger partial charge < -0.3 is 5.32 Å². The molecule has 2 heterocycles. The lowest BCUT2D eigenvalue weighted by molar-refractivity contribution is 0.0926. The third kappa shape index (κ3) is 3.19. The van der Waals surface area contributed by atoms with Crippen molar-refractivity contribution >= 4 is 27.5 Å². The molecule has 118 valence electrons. The summed E-state index contributed by atoms with van der Waals surface area (Å²) in [6, 6.07) is 4.19. The number of rotatable bonds is 3. The van der Waals surface area contributed by atoms with Crippen molar-refractivity contribution < 1.29 is 4.79 Å². The van der Waals surface area contributed by atoms with E-state index >= 15 is 0 Å². The second kappa shape index (κ2) is 6.82. The van der Waals surface area contributed by atoms with Crippen molar-refractivity contribution in [3.05, 3.63) is 34.2 Å². The van der Waals surface area contributed by atoms with Gasteiger partial charge in [0.05, 0.1) is 5.69 Å². The third-order valence-electron chi connectivity index (χ3n) is 4.39. The normalized spacial score (nSPS) is 16.6. The molecule has 0 radical (unpaired) electrons. The highest BCUT2D eigenvalue weighted by Gasteiger charge is 2.21. The Balaban J connectivity index is 1.90. The minimum atomic E-state index is 0.00866. The van der Waals surface area contributed by atoms with Gasteiger partial charge in [-0.2, -0.15) is 0 Å². The lowest BCUT2D eigenvalue weighted by Gasteiger charge is -2.16. The number of amides is 1. The fourth-order valence-corrected chi connectivity index (χ4v) is 3.57. The van der Waals surface area contributed by atoms with Crippen molar-refractivity contribution in [2.45, 2.75) is 57.9 Å². The van der Waals surface area contributed by atoms with Crippen molar-refractivity contribution in [2.75, 3.05) is 0 Å². The lowest BCUT2D eigenvalue weighted by atomic mass is 10.1. The molecule has 1 aliphatic rings. The number of fused-ring (bicyclic) bond motifs is 1. The lowest BCUT2D eigenvalue weighted by Crippen LogP contribution is -2.35. The van der Waals surface area contributed by atoms with Crippen LogP contribution in [0.25, 0.3) is 5.65 Å². The molecule has 1 amide bonds. The Morgan fingerprint density at radius 2 is 2.05 bits per heavy atom. The van der Waals surface area contributed by atoms with Gasteiger partial charge in [0.25, 0.3) is 5.91 Å². The number of nitrogens with zero attached hydrogens (tertiary/aromatic N) is 2. The van der Waals surface area contributed by atoms with Crippen molar-refractivity contribution in [3.8, 4) is 0 Å². The summed E-state index contributed by atoms with van der Waals surface area (Å²) in [4.78, 5) is 17.4. The van der Waals surface area contributed by atoms with Crippen molar-refractivity contribution in [3.63, 3.8) is 0 Å². The number of hydrogen-bond acceptors (Lipinski definition) is 2. The van der Waals surface area contributed by atoms with Crippen LogP contribution in [0.3, 0.4) is 0 Å². The summed E-state index contributed by atoms with van der Waals surface area (Å²) in [5.74, 6) is 0.00866. The average Bonchev–Trinajstić information content (AvgIpc) is 2.67. The largest absolute Gasteiger partial charge is 0.348 e. The van der Waals surface area contributed by atoms with E-state index in [9.17, 15) is 4.79 Å². The summed E-state index contributed by atoms with van der Waals surface area (Å²) in [6.07, 6.45) is 9.86. The minimum absolute atomic E-state index is 0.00866. The zero-order chi connectivity index (χ0) is 15.5. The van der Waals surface area contributed by atoms with Crippen molar-refractivity contribution in [2.24, 2.45) is 0 Å². The van der Waals surface area contributed by atoms with Gasteiger partial charge >= 0.3 is 0 Å². The molecule has 1 fully saturated rings. The van der Waals surface area contributed by atoms with Crippen LogP contribution in [0.5, 0.6) is 0 Å². The zero-order valence-electron chi connectivity index (χ0n) is 12.9. The van der Waals surface area contributed by atoms with Gasteiger partial charge in [0.1, 0.15) is 11.3 Å². The number of aryl methyl sites for hydroxylation is 1. The van der Waals surface area contributed by atoms with Crippen LogP contribution in [0, 0.1) is 0 Å². The molecule has 0 spiro atoms. The molecular formula is C17H22BrN3O. The van der Waals surface area contributed by atoms with Gasteiger partial charge in [-0.25, -0.2) is 4.98 Å². The zero-order valence-corrected chi connectivity index (χ0v) is 14.5. The summed E-state index contributed by atoms with van der Waals surface area (Å²) < 4.78 is 2.85. The van der Waals surface area contributed by atoms with Crippen LogP contribution in [0.15, 0.2) is 22.8 Å². The molecule has 1 aliphatic carbocycles. The Morgan fingerprint density at radius 3 is 2.73 bits per heavy atom. The van der Waals surface area contributed by atoms with Crippen LogP contribution in [-0.4, -0.2) is 21.3 Å². The maximum atomic E-state index is 12.8. The number of carbonyl (C=O) groups is 1. The average molecular weight is 364 g/mol. The highest BCUT2D eigenvalue weighted by Crippen LogP contribution is 2.20. The number of aromatic nitrogens is 2. The fraction of sp³-hybridized carbons (Fsp3) is 0.529. The molecule has 2 aromatic heterocycles. The fourth-order valence-electron chi connectivity index (χ4n) is 3.23. The summed E-state index contributed by atoms with van der Waals surface area (Å²) >= 11 is 3.48. The maximum Gasteiger partial charge on any atom is 0.270 e.